The number of aryl methyl sites for hydroxylation is 1. The summed E-state index contributed by atoms with van der Waals surface area (Å²) in [5.74, 6) is 0.622. The molecule has 26 heavy (non-hydrogen) atoms. The molecule has 2 heterocycles. The van der Waals surface area contributed by atoms with Gasteiger partial charge in [-0.3, -0.25) is 4.79 Å². The van der Waals surface area contributed by atoms with E-state index in [0.29, 0.717) is 12.5 Å². The van der Waals surface area contributed by atoms with Gasteiger partial charge in [-0.05, 0) is 62.9 Å². The van der Waals surface area contributed by atoms with Crippen molar-refractivity contribution in [3.05, 3.63) is 28.8 Å². The monoisotopic (exact) mass is 379 g/mol. The Morgan fingerprint density at radius 3 is 2.92 bits per heavy atom. The number of carbonyl (C=O) groups excluding carboxylic acids is 1. The number of benzene rings is 1. The van der Waals surface area contributed by atoms with Crippen LogP contribution in [0.4, 0.5) is 5.69 Å². The number of halogens is 1. The Morgan fingerprint density at radius 1 is 1.42 bits per heavy atom. The molecule has 0 aliphatic carbocycles. The van der Waals surface area contributed by atoms with E-state index in [1.54, 1.807) is 7.11 Å². The number of ether oxygens (including phenoxy) is 1. The average Bonchev–Trinajstić information content (AvgIpc) is 3.11. The number of hydrogen-bond acceptors (Lipinski definition) is 4. The third-order valence-corrected chi connectivity index (χ3v) is 6.05. The van der Waals surface area contributed by atoms with Crippen LogP contribution in [-0.4, -0.2) is 52.3 Å². The summed E-state index contributed by atoms with van der Waals surface area (Å²) in [5, 5.41) is 7.32. The fourth-order valence-corrected chi connectivity index (χ4v) is 4.35. The summed E-state index contributed by atoms with van der Waals surface area (Å²) in [4.78, 5) is 15.2. The first-order chi connectivity index (χ1) is 12.5. The van der Waals surface area contributed by atoms with Crippen LogP contribution in [0.25, 0.3) is 0 Å². The smallest absolute Gasteiger partial charge is 0.228 e. The lowest BCUT2D eigenvalue weighted by Crippen LogP contribution is -2.51. The lowest BCUT2D eigenvalue weighted by Gasteiger charge is -2.35. The molecule has 1 aromatic rings. The molecule has 5 nitrogen and oxygen atoms in total. The first kappa shape index (κ1) is 19.5. The number of nitrogens with one attached hydrogen (secondary N) is 2. The topological polar surface area (TPSA) is 53.6 Å². The van der Waals surface area contributed by atoms with Crippen LogP contribution in [0.5, 0.6) is 0 Å². The van der Waals surface area contributed by atoms with Crippen LogP contribution >= 0.6 is 11.6 Å². The van der Waals surface area contributed by atoms with Crippen LogP contribution in [0.1, 0.15) is 24.8 Å². The SMILES string of the molecule is COCC1(C(=O)NCC2CCN(c3cc(Cl)ccc3C)C2)CCNCC1. The highest BCUT2D eigenvalue weighted by Gasteiger charge is 2.39. The van der Waals surface area contributed by atoms with Gasteiger partial charge in [0.05, 0.1) is 12.0 Å². The van der Waals surface area contributed by atoms with Crippen LogP contribution in [0.2, 0.25) is 5.02 Å². The number of hydrogen-bond donors (Lipinski definition) is 2. The molecule has 1 aromatic carbocycles. The maximum Gasteiger partial charge on any atom is 0.228 e. The minimum Gasteiger partial charge on any atom is -0.384 e. The first-order valence-corrected chi connectivity index (χ1v) is 9.91. The summed E-state index contributed by atoms with van der Waals surface area (Å²) < 4.78 is 5.37. The number of rotatable bonds is 6. The Balaban J connectivity index is 1.55. The fourth-order valence-electron chi connectivity index (χ4n) is 4.18. The Bertz CT molecular complexity index is 626. The van der Waals surface area contributed by atoms with Crippen molar-refractivity contribution in [1.82, 2.24) is 10.6 Å². The zero-order valence-electron chi connectivity index (χ0n) is 15.8. The van der Waals surface area contributed by atoms with Crippen LogP contribution < -0.4 is 15.5 Å². The second-order valence-corrected chi connectivity index (χ2v) is 8.14. The zero-order valence-corrected chi connectivity index (χ0v) is 16.6. The molecular weight excluding hydrogens is 350 g/mol. The van der Waals surface area contributed by atoms with Gasteiger partial charge in [0.25, 0.3) is 0 Å². The maximum atomic E-state index is 12.9. The van der Waals surface area contributed by atoms with Gasteiger partial charge in [-0.1, -0.05) is 17.7 Å². The van der Waals surface area contributed by atoms with Gasteiger partial charge in [0.1, 0.15) is 0 Å². The van der Waals surface area contributed by atoms with Gasteiger partial charge in [-0.15, -0.1) is 0 Å². The first-order valence-electron chi connectivity index (χ1n) is 9.53. The summed E-state index contributed by atoms with van der Waals surface area (Å²) in [7, 11) is 1.68. The number of nitrogens with zero attached hydrogens (tertiary/aromatic N) is 1. The number of amides is 1. The van der Waals surface area contributed by atoms with Gasteiger partial charge in [0, 0.05) is 37.5 Å². The average molecular weight is 380 g/mol. The number of carbonyl (C=O) groups is 1. The summed E-state index contributed by atoms with van der Waals surface area (Å²) in [6.07, 6.45) is 2.77. The predicted molar refractivity (Wildman–Crippen MR) is 106 cm³/mol. The van der Waals surface area contributed by atoms with Gasteiger partial charge in [0.2, 0.25) is 5.91 Å². The van der Waals surface area contributed by atoms with Crippen molar-refractivity contribution >= 4 is 23.2 Å². The number of methoxy groups -OCH3 is 1. The van der Waals surface area contributed by atoms with Crippen molar-refractivity contribution in [3.63, 3.8) is 0 Å². The van der Waals surface area contributed by atoms with E-state index in [4.69, 9.17) is 16.3 Å². The largest absolute Gasteiger partial charge is 0.384 e. The Kier molecular flexibility index (Phi) is 6.43. The molecular formula is C20H30ClN3O2. The second-order valence-electron chi connectivity index (χ2n) is 7.70. The molecule has 0 radical (unpaired) electrons. The molecule has 2 fully saturated rings. The molecule has 6 heteroatoms. The van der Waals surface area contributed by atoms with Crippen LogP contribution in [0, 0.1) is 18.3 Å². The van der Waals surface area contributed by atoms with Crippen molar-refractivity contribution in [1.29, 1.82) is 0 Å². The highest BCUT2D eigenvalue weighted by Crippen LogP contribution is 2.31. The van der Waals surface area contributed by atoms with Crippen molar-refractivity contribution in [2.75, 3.05) is 51.3 Å². The molecule has 0 spiro atoms. The standard InChI is InChI=1S/C20H30ClN3O2/c1-15-3-4-17(21)11-18(15)24-10-5-16(13-24)12-23-19(25)20(14-26-2)6-8-22-9-7-20/h3-4,11,16,22H,5-10,12-14H2,1-2H3,(H,23,25). The third-order valence-electron chi connectivity index (χ3n) is 5.81. The van der Waals surface area contributed by atoms with Crippen molar-refractivity contribution in [2.45, 2.75) is 26.2 Å². The zero-order chi connectivity index (χ0) is 18.6. The minimum atomic E-state index is -0.373. The minimum absolute atomic E-state index is 0.151. The van der Waals surface area contributed by atoms with E-state index >= 15 is 0 Å². The molecule has 0 bridgehead atoms. The highest BCUT2D eigenvalue weighted by atomic mass is 35.5. The number of piperidine rings is 1. The summed E-state index contributed by atoms with van der Waals surface area (Å²) >= 11 is 6.16. The summed E-state index contributed by atoms with van der Waals surface area (Å²) in [5.41, 5.74) is 2.08. The van der Waals surface area contributed by atoms with Crippen molar-refractivity contribution in [2.24, 2.45) is 11.3 Å². The molecule has 3 rings (SSSR count). The molecule has 2 N–H and O–H groups in total. The second kappa shape index (κ2) is 8.59. The molecule has 2 aliphatic rings. The molecule has 2 saturated heterocycles. The normalized spacial score (nSPS) is 22.4. The van der Waals surface area contributed by atoms with Gasteiger partial charge in [0.15, 0.2) is 0 Å². The predicted octanol–water partition coefficient (Wildman–Crippen LogP) is 2.61. The third kappa shape index (κ3) is 4.33. The van der Waals surface area contributed by atoms with Crippen LogP contribution in [0.3, 0.4) is 0 Å². The summed E-state index contributed by atoms with van der Waals surface area (Å²) in [6, 6.07) is 6.04. The van der Waals surface area contributed by atoms with E-state index < -0.39 is 0 Å². The molecule has 1 unspecified atom stereocenters. The van der Waals surface area contributed by atoms with Crippen LogP contribution in [0.15, 0.2) is 18.2 Å². The number of anilines is 1. The van der Waals surface area contributed by atoms with E-state index in [-0.39, 0.29) is 11.3 Å². The van der Waals surface area contributed by atoms with Gasteiger partial charge in [-0.25, -0.2) is 0 Å². The molecule has 144 valence electrons. The van der Waals surface area contributed by atoms with E-state index in [9.17, 15) is 4.79 Å². The lowest BCUT2D eigenvalue weighted by molar-refractivity contribution is -0.136. The molecule has 0 saturated carbocycles. The van der Waals surface area contributed by atoms with E-state index in [1.807, 2.05) is 12.1 Å². The fraction of sp³-hybridized carbons (Fsp3) is 0.650. The van der Waals surface area contributed by atoms with E-state index in [0.717, 1.165) is 57.0 Å². The van der Waals surface area contributed by atoms with Crippen LogP contribution in [-0.2, 0) is 9.53 Å². The van der Waals surface area contributed by atoms with Crippen molar-refractivity contribution in [3.8, 4) is 0 Å². The highest BCUT2D eigenvalue weighted by molar-refractivity contribution is 6.30. The molecule has 1 atom stereocenters. The lowest BCUT2D eigenvalue weighted by atomic mass is 9.78. The Labute approximate surface area is 161 Å². The van der Waals surface area contributed by atoms with Gasteiger partial charge >= 0.3 is 0 Å². The Morgan fingerprint density at radius 2 is 2.19 bits per heavy atom. The van der Waals surface area contributed by atoms with Crippen molar-refractivity contribution < 1.29 is 9.53 Å². The van der Waals surface area contributed by atoms with E-state index in [2.05, 4.69) is 28.5 Å². The quantitative estimate of drug-likeness (QED) is 0.797. The maximum absolute atomic E-state index is 12.9. The van der Waals surface area contributed by atoms with E-state index in [1.165, 1.54) is 11.3 Å². The molecule has 2 aliphatic heterocycles. The summed E-state index contributed by atoms with van der Waals surface area (Å²) in [6.45, 7) is 7.07. The molecule has 0 aromatic heterocycles. The van der Waals surface area contributed by atoms with Gasteiger partial charge < -0.3 is 20.3 Å². The Hall–Kier alpha value is -1.30. The van der Waals surface area contributed by atoms with Gasteiger partial charge in [-0.2, -0.15) is 0 Å². The molecule has 1 amide bonds.